The van der Waals surface area contributed by atoms with Gasteiger partial charge in [-0.3, -0.25) is 9.59 Å². The molecule has 0 radical (unpaired) electrons. The predicted molar refractivity (Wildman–Crippen MR) is 98.1 cm³/mol. The fourth-order valence-corrected chi connectivity index (χ4v) is 2.51. The molecule has 0 aliphatic heterocycles. The number of amides is 2. The Morgan fingerprint density at radius 1 is 1.17 bits per heavy atom. The summed E-state index contributed by atoms with van der Waals surface area (Å²) in [7, 11) is 0. The van der Waals surface area contributed by atoms with Crippen LogP contribution in [0.4, 0.5) is 5.82 Å². The number of pyridine rings is 1. The molecular formula is C17H17BrClN3O2. The third kappa shape index (κ3) is 4.79. The van der Waals surface area contributed by atoms with Crippen LogP contribution in [-0.4, -0.2) is 22.8 Å². The van der Waals surface area contributed by atoms with E-state index in [0.717, 1.165) is 4.47 Å². The molecule has 5 nitrogen and oxygen atoms in total. The summed E-state index contributed by atoms with van der Waals surface area (Å²) < 4.78 is 0.813. The lowest BCUT2D eigenvalue weighted by molar-refractivity contribution is -0.118. The molecule has 1 aromatic heterocycles. The van der Waals surface area contributed by atoms with E-state index < -0.39 is 11.9 Å². The van der Waals surface area contributed by atoms with Crippen LogP contribution < -0.4 is 10.6 Å². The number of aromatic nitrogens is 1. The smallest absolute Gasteiger partial charge is 0.253 e. The Balaban J connectivity index is 2.11. The molecule has 2 rings (SSSR count). The van der Waals surface area contributed by atoms with E-state index in [1.807, 2.05) is 13.8 Å². The summed E-state index contributed by atoms with van der Waals surface area (Å²) in [4.78, 5) is 29.0. The summed E-state index contributed by atoms with van der Waals surface area (Å²) in [6.45, 7) is 3.71. The fourth-order valence-electron chi connectivity index (χ4n) is 2.05. The lowest BCUT2D eigenvalue weighted by Crippen LogP contribution is -2.47. The van der Waals surface area contributed by atoms with E-state index in [0.29, 0.717) is 16.4 Å². The third-order valence-electron chi connectivity index (χ3n) is 3.33. The molecule has 2 amide bonds. The van der Waals surface area contributed by atoms with E-state index in [4.69, 9.17) is 11.6 Å². The van der Waals surface area contributed by atoms with Gasteiger partial charge in [-0.1, -0.05) is 37.6 Å². The lowest BCUT2D eigenvalue weighted by Gasteiger charge is -2.21. The van der Waals surface area contributed by atoms with Crippen molar-refractivity contribution in [2.24, 2.45) is 5.92 Å². The zero-order valence-electron chi connectivity index (χ0n) is 13.2. The average Bonchev–Trinajstić information content (AvgIpc) is 2.54. The van der Waals surface area contributed by atoms with Crippen molar-refractivity contribution in [3.8, 4) is 0 Å². The van der Waals surface area contributed by atoms with Gasteiger partial charge in [0.15, 0.2) is 0 Å². The van der Waals surface area contributed by atoms with Crippen LogP contribution >= 0.6 is 27.5 Å². The molecule has 0 fully saturated rings. The standard InChI is InChI=1S/C17H17BrClN3O2/c1-10(2)15(17(24)21-14-8-7-11(18)9-20-14)22-16(23)12-5-3-4-6-13(12)19/h3-10,15H,1-2H3,(H,22,23)(H,20,21,24). The second-order valence-corrected chi connectivity index (χ2v) is 6.85. The maximum Gasteiger partial charge on any atom is 0.253 e. The summed E-state index contributed by atoms with van der Waals surface area (Å²) in [5.74, 6) is -0.411. The minimum atomic E-state index is -0.709. The minimum Gasteiger partial charge on any atom is -0.340 e. The highest BCUT2D eigenvalue weighted by molar-refractivity contribution is 9.10. The van der Waals surface area contributed by atoms with Crippen molar-refractivity contribution in [3.63, 3.8) is 0 Å². The minimum absolute atomic E-state index is 0.105. The zero-order chi connectivity index (χ0) is 17.7. The molecule has 1 aromatic carbocycles. The molecule has 24 heavy (non-hydrogen) atoms. The van der Waals surface area contributed by atoms with Crippen LogP contribution in [0.25, 0.3) is 0 Å². The van der Waals surface area contributed by atoms with Gasteiger partial charge in [0.25, 0.3) is 5.91 Å². The first-order valence-electron chi connectivity index (χ1n) is 7.36. The van der Waals surface area contributed by atoms with E-state index in [1.54, 1.807) is 42.6 Å². The van der Waals surface area contributed by atoms with Crippen molar-refractivity contribution in [2.75, 3.05) is 5.32 Å². The van der Waals surface area contributed by atoms with Gasteiger partial charge in [0.1, 0.15) is 11.9 Å². The van der Waals surface area contributed by atoms with Crippen LogP contribution in [0, 0.1) is 5.92 Å². The number of nitrogens with zero attached hydrogens (tertiary/aromatic N) is 1. The van der Waals surface area contributed by atoms with Crippen molar-refractivity contribution in [3.05, 3.63) is 57.7 Å². The Bertz CT molecular complexity index is 735. The quantitative estimate of drug-likeness (QED) is 0.785. The third-order valence-corrected chi connectivity index (χ3v) is 4.13. The maximum absolute atomic E-state index is 12.5. The van der Waals surface area contributed by atoms with Crippen LogP contribution in [-0.2, 0) is 4.79 Å². The van der Waals surface area contributed by atoms with Gasteiger partial charge in [-0.2, -0.15) is 0 Å². The Morgan fingerprint density at radius 3 is 2.46 bits per heavy atom. The van der Waals surface area contributed by atoms with E-state index in [2.05, 4.69) is 31.5 Å². The molecule has 7 heteroatoms. The van der Waals surface area contributed by atoms with Gasteiger partial charge in [-0.25, -0.2) is 4.98 Å². The fraction of sp³-hybridized carbons (Fsp3) is 0.235. The molecule has 2 N–H and O–H groups in total. The number of hydrogen-bond donors (Lipinski definition) is 2. The lowest BCUT2D eigenvalue weighted by atomic mass is 10.0. The van der Waals surface area contributed by atoms with Crippen molar-refractivity contribution >= 4 is 45.2 Å². The first kappa shape index (κ1) is 18.4. The number of hydrogen-bond acceptors (Lipinski definition) is 3. The van der Waals surface area contributed by atoms with Crippen LogP contribution in [0.15, 0.2) is 47.1 Å². The van der Waals surface area contributed by atoms with Crippen LogP contribution in [0.3, 0.4) is 0 Å². The SMILES string of the molecule is CC(C)C(NC(=O)c1ccccc1Cl)C(=O)Nc1ccc(Br)cn1. The normalized spacial score (nSPS) is 11.9. The number of rotatable bonds is 5. The molecule has 0 aliphatic rings. The second kappa shape index (κ2) is 8.26. The molecule has 1 heterocycles. The second-order valence-electron chi connectivity index (χ2n) is 5.53. The monoisotopic (exact) mass is 409 g/mol. The molecule has 2 aromatic rings. The van der Waals surface area contributed by atoms with Crippen LogP contribution in [0.5, 0.6) is 0 Å². The first-order valence-corrected chi connectivity index (χ1v) is 8.53. The van der Waals surface area contributed by atoms with Gasteiger partial charge in [0, 0.05) is 10.7 Å². The van der Waals surface area contributed by atoms with Gasteiger partial charge in [-0.15, -0.1) is 0 Å². The van der Waals surface area contributed by atoms with Gasteiger partial charge in [0.05, 0.1) is 10.6 Å². The highest BCUT2D eigenvalue weighted by Crippen LogP contribution is 2.16. The van der Waals surface area contributed by atoms with Gasteiger partial charge >= 0.3 is 0 Å². The van der Waals surface area contributed by atoms with E-state index >= 15 is 0 Å². The molecule has 126 valence electrons. The molecule has 0 bridgehead atoms. The van der Waals surface area contributed by atoms with Crippen LogP contribution in [0.2, 0.25) is 5.02 Å². The first-order chi connectivity index (χ1) is 11.4. The van der Waals surface area contributed by atoms with Crippen molar-refractivity contribution in [2.45, 2.75) is 19.9 Å². The highest BCUT2D eigenvalue weighted by Gasteiger charge is 2.25. The molecule has 1 atom stereocenters. The number of halogens is 2. The van der Waals surface area contributed by atoms with Gasteiger partial charge in [0.2, 0.25) is 5.91 Å². The maximum atomic E-state index is 12.5. The molecule has 0 spiro atoms. The number of benzene rings is 1. The summed E-state index contributed by atoms with van der Waals surface area (Å²) >= 11 is 9.31. The Hall–Kier alpha value is -1.92. The molecular weight excluding hydrogens is 394 g/mol. The summed E-state index contributed by atoms with van der Waals surface area (Å²) in [6.07, 6.45) is 1.59. The molecule has 1 unspecified atom stereocenters. The summed E-state index contributed by atoms with van der Waals surface area (Å²) in [6, 6.07) is 9.45. The van der Waals surface area contributed by atoms with E-state index in [9.17, 15) is 9.59 Å². The Labute approximate surface area is 153 Å². The number of anilines is 1. The zero-order valence-corrected chi connectivity index (χ0v) is 15.6. The van der Waals surface area contributed by atoms with Crippen molar-refractivity contribution in [1.29, 1.82) is 0 Å². The van der Waals surface area contributed by atoms with Crippen molar-refractivity contribution < 1.29 is 9.59 Å². The van der Waals surface area contributed by atoms with Gasteiger partial charge in [-0.05, 0) is 46.1 Å². The average molecular weight is 411 g/mol. The number of nitrogens with one attached hydrogen (secondary N) is 2. The number of carbonyl (C=O) groups excluding carboxylic acids is 2. The topological polar surface area (TPSA) is 71.1 Å². The predicted octanol–water partition coefficient (Wildman–Crippen LogP) is 3.89. The highest BCUT2D eigenvalue weighted by atomic mass is 79.9. The Morgan fingerprint density at radius 2 is 1.88 bits per heavy atom. The summed E-state index contributed by atoms with van der Waals surface area (Å²) in [5.41, 5.74) is 0.333. The Kier molecular flexibility index (Phi) is 6.34. The molecule has 0 saturated carbocycles. The largest absolute Gasteiger partial charge is 0.340 e. The van der Waals surface area contributed by atoms with E-state index in [-0.39, 0.29) is 11.8 Å². The van der Waals surface area contributed by atoms with Crippen molar-refractivity contribution in [1.82, 2.24) is 10.3 Å². The number of carbonyl (C=O) groups is 2. The molecule has 0 saturated heterocycles. The van der Waals surface area contributed by atoms with Crippen LogP contribution in [0.1, 0.15) is 24.2 Å². The van der Waals surface area contributed by atoms with E-state index in [1.165, 1.54) is 0 Å². The molecule has 0 aliphatic carbocycles. The summed E-state index contributed by atoms with van der Waals surface area (Å²) in [5, 5.41) is 5.78. The van der Waals surface area contributed by atoms with Gasteiger partial charge < -0.3 is 10.6 Å².